The summed E-state index contributed by atoms with van der Waals surface area (Å²) < 4.78 is 11.9. The molecule has 1 aromatic carbocycles. The molecule has 0 spiro atoms. The van der Waals surface area contributed by atoms with Crippen LogP contribution in [0.1, 0.15) is 5.56 Å². The predicted molar refractivity (Wildman–Crippen MR) is 48.3 cm³/mol. The highest BCUT2D eigenvalue weighted by Crippen LogP contribution is 2.33. The van der Waals surface area contributed by atoms with E-state index in [1.54, 1.807) is 0 Å². The predicted octanol–water partition coefficient (Wildman–Crippen LogP) is 3.90. The van der Waals surface area contributed by atoms with Crippen molar-refractivity contribution < 1.29 is 9.47 Å². The van der Waals surface area contributed by atoms with E-state index in [1.165, 1.54) is 18.2 Å². The van der Waals surface area contributed by atoms with Gasteiger partial charge in [-0.2, -0.15) is 0 Å². The van der Waals surface area contributed by atoms with Crippen LogP contribution in [0.5, 0.6) is 5.75 Å². The summed E-state index contributed by atoms with van der Waals surface area (Å²) in [5.41, 5.74) is 0.426. The Morgan fingerprint density at radius 3 is 2.58 bits per heavy atom. The van der Waals surface area contributed by atoms with Gasteiger partial charge in [0.05, 0.1) is 5.02 Å². The van der Waals surface area contributed by atoms with Crippen LogP contribution >= 0.6 is 23.2 Å². The van der Waals surface area contributed by atoms with Gasteiger partial charge in [-0.05, 0) is 12.1 Å². The summed E-state index contributed by atoms with van der Waals surface area (Å²) in [5.74, 6) is -0.0592. The van der Waals surface area contributed by atoms with Crippen molar-refractivity contribution >= 4 is 29.3 Å². The lowest BCUT2D eigenvalue weighted by atomic mass is 10.2. The maximum absolute atomic E-state index is 11.9. The van der Waals surface area contributed by atoms with E-state index in [0.29, 0.717) is 10.6 Å². The summed E-state index contributed by atoms with van der Waals surface area (Å²) in [7, 11) is 0. The molecule has 0 amide bonds. The van der Waals surface area contributed by atoms with Crippen LogP contribution in [0.2, 0.25) is 10.0 Å². The minimum Gasteiger partial charge on any atom is -0.292 e. The van der Waals surface area contributed by atoms with Gasteiger partial charge in [-0.15, -0.1) is 0 Å². The molecule has 1 rings (SSSR count). The first-order valence-corrected chi connectivity index (χ1v) is 3.84. The van der Waals surface area contributed by atoms with Gasteiger partial charge in [0, 0.05) is 15.1 Å². The smallest absolute Gasteiger partial charge is 0.197 e. The number of benzene rings is 1. The van der Waals surface area contributed by atoms with Crippen molar-refractivity contribution in [2.24, 2.45) is 0 Å². The zero-order valence-corrected chi connectivity index (χ0v) is 7.49. The molecular formula is C8H5Cl2FO. The van der Waals surface area contributed by atoms with Gasteiger partial charge >= 0.3 is 0 Å². The highest BCUT2D eigenvalue weighted by Gasteiger charge is 2.08. The summed E-state index contributed by atoms with van der Waals surface area (Å²) in [6, 6.07) is 2.90. The van der Waals surface area contributed by atoms with Gasteiger partial charge in [0.25, 0.3) is 0 Å². The van der Waals surface area contributed by atoms with Crippen LogP contribution in [-0.4, -0.2) is 0 Å². The van der Waals surface area contributed by atoms with Crippen LogP contribution in [-0.2, 0) is 0 Å². The van der Waals surface area contributed by atoms with Crippen LogP contribution in [0, 0.1) is 0 Å². The molecule has 64 valence electrons. The van der Waals surface area contributed by atoms with E-state index in [9.17, 15) is 4.53 Å². The monoisotopic (exact) mass is 206 g/mol. The maximum Gasteiger partial charge on any atom is 0.197 e. The molecule has 0 aliphatic carbocycles. The van der Waals surface area contributed by atoms with Crippen molar-refractivity contribution in [2.45, 2.75) is 0 Å². The van der Waals surface area contributed by atoms with Crippen LogP contribution in [0.3, 0.4) is 0 Å². The summed E-state index contributed by atoms with van der Waals surface area (Å²) >= 11 is 11.3. The van der Waals surface area contributed by atoms with Gasteiger partial charge < -0.3 is 0 Å². The number of rotatable bonds is 2. The number of halogens is 3. The molecule has 4 heteroatoms. The highest BCUT2D eigenvalue weighted by atomic mass is 35.5. The molecule has 0 aliphatic heterocycles. The normalized spacial score (nSPS) is 9.58. The Morgan fingerprint density at radius 1 is 1.42 bits per heavy atom. The minimum absolute atomic E-state index is 0.0592. The molecule has 0 aromatic heterocycles. The molecule has 0 saturated carbocycles. The van der Waals surface area contributed by atoms with Crippen LogP contribution in [0.15, 0.2) is 18.7 Å². The van der Waals surface area contributed by atoms with Crippen molar-refractivity contribution in [3.8, 4) is 5.75 Å². The zero-order valence-electron chi connectivity index (χ0n) is 5.98. The molecule has 1 aromatic rings. The summed E-state index contributed by atoms with van der Waals surface area (Å²) in [6.45, 7) is 3.46. The van der Waals surface area contributed by atoms with Crippen LogP contribution in [0.25, 0.3) is 6.08 Å². The molecule has 1 nitrogen and oxygen atoms in total. The lowest BCUT2D eigenvalue weighted by molar-refractivity contribution is -0.00631. The second-order valence-corrected chi connectivity index (χ2v) is 2.93. The lowest BCUT2D eigenvalue weighted by Gasteiger charge is -2.02. The largest absolute Gasteiger partial charge is 0.292 e. The van der Waals surface area contributed by atoms with Gasteiger partial charge in [-0.3, -0.25) is 4.94 Å². The third-order valence-corrected chi connectivity index (χ3v) is 1.83. The van der Waals surface area contributed by atoms with Crippen molar-refractivity contribution in [1.29, 1.82) is 0 Å². The van der Waals surface area contributed by atoms with Gasteiger partial charge in [-0.1, -0.05) is 35.9 Å². The molecule has 0 radical (unpaired) electrons. The quantitative estimate of drug-likeness (QED) is 0.714. The highest BCUT2D eigenvalue weighted by molar-refractivity contribution is 6.35. The van der Waals surface area contributed by atoms with Crippen LogP contribution < -0.4 is 4.94 Å². The van der Waals surface area contributed by atoms with Gasteiger partial charge in [-0.25, -0.2) is 0 Å². The Morgan fingerprint density at radius 2 is 2.08 bits per heavy atom. The van der Waals surface area contributed by atoms with Gasteiger partial charge in [0.15, 0.2) is 5.75 Å². The van der Waals surface area contributed by atoms with E-state index in [2.05, 4.69) is 11.5 Å². The maximum atomic E-state index is 11.9. The molecular weight excluding hydrogens is 202 g/mol. The first kappa shape index (κ1) is 9.36. The van der Waals surface area contributed by atoms with E-state index in [1.807, 2.05) is 0 Å². The van der Waals surface area contributed by atoms with E-state index < -0.39 is 0 Å². The standard InChI is InChI=1S/C8H5Cl2FO/c1-2-5-3-6(9)4-7(10)8(5)12-11/h2-4H,1H2. The SMILES string of the molecule is C=Cc1cc(Cl)cc(Cl)c1OF. The molecule has 0 unspecified atom stereocenters. The molecule has 0 fully saturated rings. The van der Waals surface area contributed by atoms with E-state index in [0.717, 1.165) is 0 Å². The molecule has 0 saturated heterocycles. The summed E-state index contributed by atoms with van der Waals surface area (Å²) in [6.07, 6.45) is 1.41. The van der Waals surface area contributed by atoms with Crippen molar-refractivity contribution in [1.82, 2.24) is 0 Å². The van der Waals surface area contributed by atoms with Crippen molar-refractivity contribution in [2.75, 3.05) is 0 Å². The van der Waals surface area contributed by atoms with Crippen molar-refractivity contribution in [3.05, 3.63) is 34.3 Å². The fourth-order valence-corrected chi connectivity index (χ4v) is 1.35. The molecule has 0 bridgehead atoms. The Balaban J connectivity index is 3.33. The van der Waals surface area contributed by atoms with Crippen molar-refractivity contribution in [3.63, 3.8) is 0 Å². The molecule has 0 atom stereocenters. The summed E-state index contributed by atoms with van der Waals surface area (Å²) in [4.78, 5) is 3.56. The third-order valence-electron chi connectivity index (χ3n) is 1.33. The fourth-order valence-electron chi connectivity index (χ4n) is 0.813. The Bertz CT molecular complexity index is 312. The molecule has 0 heterocycles. The van der Waals surface area contributed by atoms with E-state index >= 15 is 0 Å². The Hall–Kier alpha value is -0.730. The van der Waals surface area contributed by atoms with Gasteiger partial charge in [0.1, 0.15) is 0 Å². The topological polar surface area (TPSA) is 9.23 Å². The van der Waals surface area contributed by atoms with E-state index in [4.69, 9.17) is 23.2 Å². The molecule has 0 N–H and O–H groups in total. The van der Waals surface area contributed by atoms with Gasteiger partial charge in [0.2, 0.25) is 0 Å². The number of hydrogen-bond donors (Lipinski definition) is 0. The zero-order chi connectivity index (χ0) is 9.14. The first-order chi connectivity index (χ1) is 5.69. The van der Waals surface area contributed by atoms with E-state index in [-0.39, 0.29) is 10.8 Å². The second kappa shape index (κ2) is 3.78. The van der Waals surface area contributed by atoms with Crippen LogP contribution in [0.4, 0.5) is 4.53 Å². The Labute approximate surface area is 79.3 Å². The fraction of sp³-hybridized carbons (Fsp3) is 0. The molecule has 12 heavy (non-hydrogen) atoms. The second-order valence-electron chi connectivity index (χ2n) is 2.09. The number of hydrogen-bond acceptors (Lipinski definition) is 1. The Kier molecular flexibility index (Phi) is 2.95. The summed E-state index contributed by atoms with van der Waals surface area (Å²) in [5, 5.41) is 0.538. The first-order valence-electron chi connectivity index (χ1n) is 3.09. The third kappa shape index (κ3) is 1.71. The average molecular weight is 207 g/mol. The molecule has 0 aliphatic rings. The average Bonchev–Trinajstić information content (AvgIpc) is 2.03. The minimum atomic E-state index is -0.0592. The lowest BCUT2D eigenvalue weighted by Crippen LogP contribution is -1.83.